The van der Waals surface area contributed by atoms with Crippen LogP contribution in [0.15, 0.2) is 44.1 Å². The normalized spacial score (nSPS) is 15.7. The van der Waals surface area contributed by atoms with Gasteiger partial charge < -0.3 is 8.83 Å². The van der Waals surface area contributed by atoms with E-state index in [4.69, 9.17) is 8.83 Å². The zero-order valence-corrected chi connectivity index (χ0v) is 14.7. The summed E-state index contributed by atoms with van der Waals surface area (Å²) in [5.74, 6) is 1.55. The number of halogens is 1. The molecule has 1 aliphatic heterocycles. The minimum Gasteiger partial charge on any atom is -0.444 e. The van der Waals surface area contributed by atoms with Crippen molar-refractivity contribution >= 4 is 21.5 Å². The van der Waals surface area contributed by atoms with E-state index in [0.717, 1.165) is 25.1 Å². The number of nitrogens with zero attached hydrogens (tertiary/aromatic N) is 5. The van der Waals surface area contributed by atoms with E-state index in [1.54, 1.807) is 12.1 Å². The highest BCUT2D eigenvalue weighted by Crippen LogP contribution is 2.25. The van der Waals surface area contributed by atoms with Gasteiger partial charge in [0.2, 0.25) is 5.89 Å². The average molecular weight is 390 g/mol. The van der Waals surface area contributed by atoms with Crippen molar-refractivity contribution in [1.82, 2.24) is 24.9 Å². The third-order valence-electron chi connectivity index (χ3n) is 3.92. The molecule has 7 nitrogen and oxygen atoms in total. The van der Waals surface area contributed by atoms with Gasteiger partial charge in [-0.2, -0.15) is 5.10 Å². The third kappa shape index (κ3) is 3.20. The van der Waals surface area contributed by atoms with Crippen LogP contribution in [-0.2, 0) is 13.6 Å². The summed E-state index contributed by atoms with van der Waals surface area (Å²) in [6, 6.07) is 3.60. The molecule has 0 saturated carbocycles. The summed E-state index contributed by atoms with van der Waals surface area (Å²) in [6.45, 7) is 2.43. The summed E-state index contributed by atoms with van der Waals surface area (Å²) in [5, 5.41) is 12.4. The van der Waals surface area contributed by atoms with Crippen LogP contribution in [0.1, 0.15) is 17.9 Å². The van der Waals surface area contributed by atoms with Gasteiger partial charge in [-0.3, -0.25) is 9.58 Å². The summed E-state index contributed by atoms with van der Waals surface area (Å²) >= 11 is 3.27. The lowest BCUT2D eigenvalue weighted by atomic mass is 10.0. The van der Waals surface area contributed by atoms with Gasteiger partial charge in [0, 0.05) is 31.9 Å². The van der Waals surface area contributed by atoms with Crippen molar-refractivity contribution < 1.29 is 8.83 Å². The van der Waals surface area contributed by atoms with E-state index in [2.05, 4.69) is 42.2 Å². The molecule has 3 aromatic rings. The van der Waals surface area contributed by atoms with Crippen molar-refractivity contribution in [2.24, 2.45) is 7.05 Å². The first kappa shape index (κ1) is 15.3. The Morgan fingerprint density at radius 3 is 2.92 bits per heavy atom. The molecule has 0 aliphatic carbocycles. The van der Waals surface area contributed by atoms with Crippen LogP contribution < -0.4 is 0 Å². The SMILES string of the molecule is Cn1cc(C2=CCCN(Cc3nnc(-c4ccc(Br)o4)o3)C2)cn1. The van der Waals surface area contributed by atoms with Gasteiger partial charge >= 0.3 is 0 Å². The van der Waals surface area contributed by atoms with Crippen molar-refractivity contribution in [3.05, 3.63) is 46.7 Å². The largest absolute Gasteiger partial charge is 0.444 e. The number of hydrogen-bond acceptors (Lipinski definition) is 6. The fourth-order valence-corrected chi connectivity index (χ4v) is 3.08. The van der Waals surface area contributed by atoms with Crippen LogP contribution in [-0.4, -0.2) is 38.0 Å². The lowest BCUT2D eigenvalue weighted by Gasteiger charge is -2.25. The maximum Gasteiger partial charge on any atom is 0.283 e. The standard InChI is InChI=1S/C16H16BrN5O2/c1-21-8-12(7-18-21)11-3-2-6-22(9-11)10-15-19-20-16(24-15)13-4-5-14(17)23-13/h3-5,7-8H,2,6,9-10H2,1H3. The Kier molecular flexibility index (Phi) is 4.07. The molecule has 1 aliphatic rings. The molecular formula is C16H16BrN5O2. The molecule has 4 rings (SSSR count). The smallest absolute Gasteiger partial charge is 0.283 e. The summed E-state index contributed by atoms with van der Waals surface area (Å²) < 4.78 is 13.6. The van der Waals surface area contributed by atoms with Gasteiger partial charge in [-0.05, 0) is 40.1 Å². The highest BCUT2D eigenvalue weighted by molar-refractivity contribution is 9.10. The molecule has 0 spiro atoms. The van der Waals surface area contributed by atoms with Crippen LogP contribution in [0, 0.1) is 0 Å². The zero-order valence-electron chi connectivity index (χ0n) is 13.1. The molecule has 124 valence electrons. The molecule has 0 unspecified atom stereocenters. The quantitative estimate of drug-likeness (QED) is 0.682. The van der Waals surface area contributed by atoms with E-state index in [9.17, 15) is 0 Å². The minimum atomic E-state index is 0.399. The summed E-state index contributed by atoms with van der Waals surface area (Å²) in [7, 11) is 1.93. The monoisotopic (exact) mass is 389 g/mol. The fourth-order valence-electron chi connectivity index (χ4n) is 2.77. The molecule has 4 heterocycles. The number of furan rings is 1. The van der Waals surface area contributed by atoms with Crippen molar-refractivity contribution in [1.29, 1.82) is 0 Å². The summed E-state index contributed by atoms with van der Waals surface area (Å²) in [4.78, 5) is 2.29. The molecule has 0 aromatic carbocycles. The minimum absolute atomic E-state index is 0.399. The van der Waals surface area contributed by atoms with E-state index in [1.807, 2.05) is 24.1 Å². The fraction of sp³-hybridized carbons (Fsp3) is 0.312. The molecule has 0 N–H and O–H groups in total. The number of aromatic nitrogens is 4. The second kappa shape index (κ2) is 6.37. The maximum absolute atomic E-state index is 5.72. The predicted molar refractivity (Wildman–Crippen MR) is 90.8 cm³/mol. The number of aryl methyl sites for hydroxylation is 1. The molecule has 3 aromatic heterocycles. The third-order valence-corrected chi connectivity index (χ3v) is 4.34. The van der Waals surface area contributed by atoms with E-state index in [1.165, 1.54) is 5.57 Å². The zero-order chi connectivity index (χ0) is 16.5. The van der Waals surface area contributed by atoms with E-state index < -0.39 is 0 Å². The highest BCUT2D eigenvalue weighted by Gasteiger charge is 2.19. The van der Waals surface area contributed by atoms with Gasteiger partial charge in [-0.1, -0.05) is 6.08 Å². The Labute approximate surface area is 147 Å². The van der Waals surface area contributed by atoms with E-state index >= 15 is 0 Å². The van der Waals surface area contributed by atoms with Gasteiger partial charge in [-0.25, -0.2) is 0 Å². The number of rotatable bonds is 4. The van der Waals surface area contributed by atoms with Crippen LogP contribution in [0.5, 0.6) is 0 Å². The van der Waals surface area contributed by atoms with Gasteiger partial charge in [0.1, 0.15) is 0 Å². The second-order valence-corrected chi connectivity index (χ2v) is 6.52. The Morgan fingerprint density at radius 2 is 2.17 bits per heavy atom. The van der Waals surface area contributed by atoms with Crippen molar-refractivity contribution in [2.75, 3.05) is 13.1 Å². The molecule has 0 fully saturated rings. The molecule has 0 saturated heterocycles. The van der Waals surface area contributed by atoms with Crippen LogP contribution in [0.2, 0.25) is 0 Å². The Hall–Kier alpha value is -2.19. The first-order chi connectivity index (χ1) is 11.7. The highest BCUT2D eigenvalue weighted by atomic mass is 79.9. The van der Waals surface area contributed by atoms with E-state index in [0.29, 0.717) is 28.8 Å². The molecule has 0 amide bonds. The first-order valence-electron chi connectivity index (χ1n) is 7.66. The molecule has 8 heteroatoms. The van der Waals surface area contributed by atoms with Crippen LogP contribution in [0.25, 0.3) is 17.2 Å². The van der Waals surface area contributed by atoms with Gasteiger partial charge in [0.25, 0.3) is 5.89 Å². The molecule has 0 bridgehead atoms. The van der Waals surface area contributed by atoms with Gasteiger partial charge in [-0.15, -0.1) is 10.2 Å². The molecule has 0 radical (unpaired) electrons. The predicted octanol–water partition coefficient (Wildman–Crippen LogP) is 3.11. The summed E-state index contributed by atoms with van der Waals surface area (Å²) in [5.41, 5.74) is 2.44. The van der Waals surface area contributed by atoms with Crippen LogP contribution >= 0.6 is 15.9 Å². The van der Waals surface area contributed by atoms with Gasteiger partial charge in [0.05, 0.1) is 12.7 Å². The molecule has 0 atom stereocenters. The lowest BCUT2D eigenvalue weighted by molar-refractivity contribution is 0.264. The topological polar surface area (TPSA) is 73.1 Å². The Morgan fingerprint density at radius 1 is 1.25 bits per heavy atom. The first-order valence-corrected chi connectivity index (χ1v) is 8.45. The van der Waals surface area contributed by atoms with Crippen LogP contribution in [0.4, 0.5) is 0 Å². The van der Waals surface area contributed by atoms with Gasteiger partial charge in [0.15, 0.2) is 10.4 Å². The van der Waals surface area contributed by atoms with E-state index in [-0.39, 0.29) is 0 Å². The van der Waals surface area contributed by atoms with Crippen molar-refractivity contribution in [3.8, 4) is 11.7 Å². The Balaban J connectivity index is 1.44. The Bertz CT molecular complexity index is 879. The van der Waals surface area contributed by atoms with Crippen molar-refractivity contribution in [3.63, 3.8) is 0 Å². The molecular weight excluding hydrogens is 374 g/mol. The summed E-state index contributed by atoms with van der Waals surface area (Å²) in [6.07, 6.45) is 7.20. The molecule has 24 heavy (non-hydrogen) atoms. The second-order valence-electron chi connectivity index (χ2n) is 5.74. The lowest BCUT2D eigenvalue weighted by Crippen LogP contribution is -2.29. The number of hydrogen-bond donors (Lipinski definition) is 0. The maximum atomic E-state index is 5.72. The van der Waals surface area contributed by atoms with Crippen LogP contribution in [0.3, 0.4) is 0 Å². The van der Waals surface area contributed by atoms with Crippen molar-refractivity contribution in [2.45, 2.75) is 13.0 Å². The average Bonchev–Trinajstić information content (AvgIpc) is 3.29.